The predicted octanol–water partition coefficient (Wildman–Crippen LogP) is 3.19. The van der Waals surface area contributed by atoms with Crippen LogP contribution >= 0.6 is 0 Å². The second-order valence-corrected chi connectivity index (χ2v) is 6.66. The first kappa shape index (κ1) is 21.3. The summed E-state index contributed by atoms with van der Waals surface area (Å²) >= 11 is 0. The van der Waals surface area contributed by atoms with Crippen LogP contribution in [-0.4, -0.2) is 46.0 Å². The van der Waals surface area contributed by atoms with Gasteiger partial charge in [-0.3, -0.25) is 9.59 Å². The highest BCUT2D eigenvalue weighted by atomic mass is 16.7. The number of ketones is 1. The van der Waals surface area contributed by atoms with Gasteiger partial charge in [0, 0.05) is 25.3 Å². The van der Waals surface area contributed by atoms with Crippen molar-refractivity contribution in [2.75, 3.05) is 28.1 Å². The Kier molecular flexibility index (Phi) is 6.66. The molecule has 8 heteroatoms. The van der Waals surface area contributed by atoms with E-state index in [0.29, 0.717) is 40.7 Å². The molecular formula is C22H24O8. The molecule has 0 radical (unpaired) electrons. The zero-order valence-corrected chi connectivity index (χ0v) is 17.4. The lowest BCUT2D eigenvalue weighted by molar-refractivity contribution is -0.146. The van der Waals surface area contributed by atoms with Crippen LogP contribution in [0.5, 0.6) is 28.7 Å². The van der Waals surface area contributed by atoms with Crippen molar-refractivity contribution in [3.8, 4) is 28.7 Å². The molecule has 1 aliphatic heterocycles. The van der Waals surface area contributed by atoms with Gasteiger partial charge in [-0.05, 0) is 29.8 Å². The molecular weight excluding hydrogens is 392 g/mol. The molecule has 3 rings (SSSR count). The number of hydrogen-bond donors (Lipinski definition) is 0. The molecule has 1 atom stereocenters. The fraction of sp³-hybridized carbons (Fsp3) is 0.364. The molecule has 0 amide bonds. The number of carbonyl (C=O) groups excluding carboxylic acids is 2. The molecule has 0 bridgehead atoms. The van der Waals surface area contributed by atoms with Crippen LogP contribution in [0, 0.1) is 0 Å². The Morgan fingerprint density at radius 3 is 2.23 bits per heavy atom. The molecule has 8 nitrogen and oxygen atoms in total. The fourth-order valence-corrected chi connectivity index (χ4v) is 3.29. The smallest absolute Gasteiger partial charge is 0.302 e. The highest BCUT2D eigenvalue weighted by Crippen LogP contribution is 2.38. The zero-order valence-electron chi connectivity index (χ0n) is 17.4. The number of ether oxygens (including phenoxy) is 6. The first-order valence-corrected chi connectivity index (χ1v) is 9.34. The van der Waals surface area contributed by atoms with E-state index in [9.17, 15) is 9.59 Å². The van der Waals surface area contributed by atoms with Crippen molar-refractivity contribution in [2.24, 2.45) is 0 Å². The number of fused-ring (bicyclic) bond motifs is 1. The van der Waals surface area contributed by atoms with Crippen molar-refractivity contribution in [3.05, 3.63) is 41.5 Å². The summed E-state index contributed by atoms with van der Waals surface area (Å²) < 4.78 is 32.0. The Morgan fingerprint density at radius 2 is 1.63 bits per heavy atom. The molecule has 2 aromatic carbocycles. The van der Waals surface area contributed by atoms with Gasteiger partial charge in [0.2, 0.25) is 12.5 Å². The second kappa shape index (κ2) is 9.39. The van der Waals surface area contributed by atoms with Crippen LogP contribution in [0.4, 0.5) is 0 Å². The van der Waals surface area contributed by atoms with E-state index in [1.807, 2.05) is 12.1 Å². The molecule has 0 saturated carbocycles. The van der Waals surface area contributed by atoms with Crippen LogP contribution in [0.3, 0.4) is 0 Å². The average molecular weight is 416 g/mol. The van der Waals surface area contributed by atoms with Crippen molar-refractivity contribution < 1.29 is 38.0 Å². The third-order valence-electron chi connectivity index (χ3n) is 4.63. The van der Waals surface area contributed by atoms with Gasteiger partial charge in [-0.15, -0.1) is 0 Å². The van der Waals surface area contributed by atoms with Gasteiger partial charge < -0.3 is 28.4 Å². The highest BCUT2D eigenvalue weighted by Gasteiger charge is 2.23. The molecule has 1 heterocycles. The lowest BCUT2D eigenvalue weighted by Gasteiger charge is -2.18. The van der Waals surface area contributed by atoms with Gasteiger partial charge in [-0.2, -0.15) is 0 Å². The van der Waals surface area contributed by atoms with Crippen LogP contribution in [0.25, 0.3) is 0 Å². The third-order valence-corrected chi connectivity index (χ3v) is 4.63. The number of benzene rings is 2. The first-order chi connectivity index (χ1) is 14.4. The van der Waals surface area contributed by atoms with Crippen LogP contribution in [0.1, 0.15) is 29.3 Å². The minimum atomic E-state index is -0.644. The van der Waals surface area contributed by atoms with Crippen LogP contribution in [0.2, 0.25) is 0 Å². The average Bonchev–Trinajstić information content (AvgIpc) is 3.19. The largest absolute Gasteiger partial charge is 0.493 e. The van der Waals surface area contributed by atoms with E-state index < -0.39 is 12.1 Å². The normalized spacial score (nSPS) is 12.8. The van der Waals surface area contributed by atoms with Crippen LogP contribution in [0.15, 0.2) is 30.3 Å². The van der Waals surface area contributed by atoms with Gasteiger partial charge >= 0.3 is 5.97 Å². The maximum absolute atomic E-state index is 13.0. The summed E-state index contributed by atoms with van der Waals surface area (Å²) in [5.74, 6) is 1.76. The van der Waals surface area contributed by atoms with E-state index in [1.54, 1.807) is 18.2 Å². The maximum Gasteiger partial charge on any atom is 0.302 e. The molecule has 0 N–H and O–H groups in total. The quantitative estimate of drug-likeness (QED) is 0.455. The monoisotopic (exact) mass is 416 g/mol. The summed E-state index contributed by atoms with van der Waals surface area (Å²) in [6.45, 7) is 1.49. The van der Waals surface area contributed by atoms with Crippen molar-refractivity contribution in [1.82, 2.24) is 0 Å². The predicted molar refractivity (Wildman–Crippen MR) is 107 cm³/mol. The van der Waals surface area contributed by atoms with E-state index in [4.69, 9.17) is 28.4 Å². The molecule has 0 spiro atoms. The summed E-state index contributed by atoms with van der Waals surface area (Å²) in [4.78, 5) is 24.6. The van der Waals surface area contributed by atoms with Gasteiger partial charge in [0.15, 0.2) is 28.8 Å². The Bertz CT molecular complexity index is 912. The fourth-order valence-electron chi connectivity index (χ4n) is 3.29. The lowest BCUT2D eigenvalue weighted by Crippen LogP contribution is -2.23. The molecule has 0 fully saturated rings. The third kappa shape index (κ3) is 4.76. The van der Waals surface area contributed by atoms with E-state index >= 15 is 0 Å². The summed E-state index contributed by atoms with van der Waals surface area (Å²) in [5, 5.41) is 0. The van der Waals surface area contributed by atoms with E-state index in [-0.39, 0.29) is 19.0 Å². The molecule has 0 aliphatic carbocycles. The summed E-state index contributed by atoms with van der Waals surface area (Å²) in [5.41, 5.74) is 1.23. The van der Waals surface area contributed by atoms with Crippen molar-refractivity contribution in [2.45, 2.75) is 25.9 Å². The summed E-state index contributed by atoms with van der Waals surface area (Å²) in [6, 6.07) is 8.63. The highest BCUT2D eigenvalue weighted by molar-refractivity contribution is 5.97. The molecule has 30 heavy (non-hydrogen) atoms. The number of esters is 1. The first-order valence-electron chi connectivity index (χ1n) is 9.34. The van der Waals surface area contributed by atoms with Crippen LogP contribution < -0.4 is 23.7 Å². The number of methoxy groups -OCH3 is 3. The minimum Gasteiger partial charge on any atom is -0.493 e. The lowest BCUT2D eigenvalue weighted by atomic mass is 9.99. The summed E-state index contributed by atoms with van der Waals surface area (Å²) in [7, 11) is 4.45. The van der Waals surface area contributed by atoms with Crippen molar-refractivity contribution in [1.29, 1.82) is 0 Å². The molecule has 2 aromatic rings. The minimum absolute atomic E-state index is 0.00728. The van der Waals surface area contributed by atoms with E-state index in [1.165, 1.54) is 28.3 Å². The topological polar surface area (TPSA) is 89.5 Å². The standard InChI is InChI=1S/C22H24O8/c1-13(23)30-16(7-14-5-6-18-19(8-14)29-12-28-18)11-17(24)15-9-20(25-2)22(27-4)21(10-15)26-3/h5-6,8-10,16H,7,11-12H2,1-4H3/t16-/m1/s1. The van der Waals surface area contributed by atoms with Crippen LogP contribution in [-0.2, 0) is 16.0 Å². The molecule has 0 saturated heterocycles. The Hall–Kier alpha value is -3.42. The van der Waals surface area contributed by atoms with Crippen molar-refractivity contribution in [3.63, 3.8) is 0 Å². The number of Topliss-reactive ketones (excluding diaryl/α,β-unsaturated/α-hetero) is 1. The zero-order chi connectivity index (χ0) is 21.7. The Balaban J connectivity index is 1.81. The van der Waals surface area contributed by atoms with Gasteiger partial charge in [-0.25, -0.2) is 0 Å². The van der Waals surface area contributed by atoms with Gasteiger partial charge in [0.1, 0.15) is 6.10 Å². The molecule has 160 valence electrons. The number of rotatable bonds is 9. The van der Waals surface area contributed by atoms with Gasteiger partial charge in [0.25, 0.3) is 0 Å². The van der Waals surface area contributed by atoms with E-state index in [2.05, 4.69) is 0 Å². The van der Waals surface area contributed by atoms with Crippen molar-refractivity contribution >= 4 is 11.8 Å². The Morgan fingerprint density at radius 1 is 0.967 bits per heavy atom. The maximum atomic E-state index is 13.0. The van der Waals surface area contributed by atoms with Gasteiger partial charge in [0.05, 0.1) is 21.3 Å². The number of hydrogen-bond acceptors (Lipinski definition) is 8. The second-order valence-electron chi connectivity index (χ2n) is 6.66. The SMILES string of the molecule is COc1cc(C(=O)C[C@@H](Cc2ccc3c(c2)OCO3)OC(C)=O)cc(OC)c1OC. The van der Waals surface area contributed by atoms with Gasteiger partial charge in [-0.1, -0.05) is 6.07 Å². The summed E-state index contributed by atoms with van der Waals surface area (Å²) in [6.07, 6.45) is -0.298. The van der Waals surface area contributed by atoms with E-state index in [0.717, 1.165) is 5.56 Å². The number of carbonyl (C=O) groups is 2. The molecule has 0 aromatic heterocycles. The Labute approximate surface area is 174 Å². The molecule has 1 aliphatic rings. The molecule has 0 unspecified atom stereocenters.